The zero-order valence-corrected chi connectivity index (χ0v) is 21.2. The maximum Gasteiger partial charge on any atom is 0.264 e. The number of anilines is 1. The number of sulfonamides is 1. The Morgan fingerprint density at radius 3 is 2.34 bits per heavy atom. The molecular weight excluding hydrogens is 487 g/mol. The number of halogens is 1. The smallest absolute Gasteiger partial charge is 0.264 e. The van der Waals surface area contributed by atoms with Gasteiger partial charge in [-0.05, 0) is 73.2 Å². The molecule has 0 bridgehead atoms. The van der Waals surface area contributed by atoms with Crippen molar-refractivity contribution >= 4 is 33.4 Å². The molecular formula is C26H29FN2O4S2. The van der Waals surface area contributed by atoms with Crippen LogP contribution >= 0.6 is 11.8 Å². The summed E-state index contributed by atoms with van der Waals surface area (Å²) in [4.78, 5) is 12.7. The molecule has 0 aliphatic rings. The highest BCUT2D eigenvalue weighted by atomic mass is 32.2. The van der Waals surface area contributed by atoms with E-state index in [1.807, 2.05) is 25.1 Å². The number of carbonyl (C=O) groups is 1. The van der Waals surface area contributed by atoms with Crippen molar-refractivity contribution in [2.75, 3.05) is 29.8 Å². The summed E-state index contributed by atoms with van der Waals surface area (Å²) in [6.45, 7) is 2.31. The summed E-state index contributed by atoms with van der Waals surface area (Å²) in [6.07, 6.45) is 0.755. The Labute approximate surface area is 210 Å². The molecule has 0 aliphatic heterocycles. The summed E-state index contributed by atoms with van der Waals surface area (Å²) in [7, 11) is -4.07. The topological polar surface area (TPSA) is 75.7 Å². The predicted molar refractivity (Wildman–Crippen MR) is 139 cm³/mol. The third kappa shape index (κ3) is 8.00. The molecule has 0 saturated carbocycles. The first kappa shape index (κ1) is 26.6. The largest absolute Gasteiger partial charge is 0.494 e. The Balaban J connectivity index is 1.61. The van der Waals surface area contributed by atoms with Crippen LogP contribution in [-0.4, -0.2) is 39.8 Å². The van der Waals surface area contributed by atoms with Crippen molar-refractivity contribution in [3.8, 4) is 5.75 Å². The number of nitrogens with zero attached hydrogens (tertiary/aromatic N) is 1. The lowest BCUT2D eigenvalue weighted by molar-refractivity contribution is -0.119. The molecule has 0 spiro atoms. The summed E-state index contributed by atoms with van der Waals surface area (Å²) >= 11 is 1.77. The van der Waals surface area contributed by atoms with E-state index in [0.717, 1.165) is 34.4 Å². The number of hydrogen-bond acceptors (Lipinski definition) is 5. The van der Waals surface area contributed by atoms with E-state index in [9.17, 15) is 17.6 Å². The molecule has 0 saturated heterocycles. The van der Waals surface area contributed by atoms with Crippen LogP contribution in [0.3, 0.4) is 0 Å². The SMILES string of the molecule is CCOc1ccc(S(=O)(=O)N(CC(=O)NCCCSCc2ccccc2)c2ccc(F)cc2)cc1. The Hall–Kier alpha value is -3.04. The van der Waals surface area contributed by atoms with Crippen LogP contribution in [0.25, 0.3) is 0 Å². The standard InChI is InChI=1S/C26H29FN2O4S2/c1-2-33-24-13-15-25(16-14-24)35(31,32)29(23-11-9-22(27)10-12-23)19-26(30)28-17-6-18-34-20-21-7-4-3-5-8-21/h3-5,7-16H,2,6,17-20H2,1H3,(H,28,30). The molecule has 0 atom stereocenters. The average molecular weight is 517 g/mol. The normalized spacial score (nSPS) is 11.1. The van der Waals surface area contributed by atoms with E-state index in [-0.39, 0.29) is 10.6 Å². The second-order valence-corrected chi connectivity index (χ2v) is 10.6. The highest BCUT2D eigenvalue weighted by Crippen LogP contribution is 2.25. The number of thioether (sulfide) groups is 1. The summed E-state index contributed by atoms with van der Waals surface area (Å²) in [5, 5.41) is 2.79. The van der Waals surface area contributed by atoms with Crippen molar-refractivity contribution in [3.63, 3.8) is 0 Å². The van der Waals surface area contributed by atoms with E-state index in [2.05, 4.69) is 17.4 Å². The molecule has 0 aromatic heterocycles. The third-order valence-corrected chi connectivity index (χ3v) is 7.93. The Morgan fingerprint density at radius 2 is 1.69 bits per heavy atom. The van der Waals surface area contributed by atoms with E-state index in [1.165, 1.54) is 29.8 Å². The van der Waals surface area contributed by atoms with Gasteiger partial charge >= 0.3 is 0 Å². The molecule has 0 fully saturated rings. The molecule has 3 aromatic rings. The second kappa shape index (κ2) is 13.2. The Kier molecular flexibility index (Phi) is 9.98. The molecule has 186 valence electrons. The average Bonchev–Trinajstić information content (AvgIpc) is 2.86. The van der Waals surface area contributed by atoms with Gasteiger partial charge in [-0.3, -0.25) is 9.10 Å². The molecule has 3 aromatic carbocycles. The van der Waals surface area contributed by atoms with Gasteiger partial charge in [-0.1, -0.05) is 30.3 Å². The number of rotatable bonds is 13. The van der Waals surface area contributed by atoms with Crippen molar-refractivity contribution in [3.05, 3.63) is 90.2 Å². The van der Waals surface area contributed by atoms with E-state index < -0.39 is 28.3 Å². The monoisotopic (exact) mass is 516 g/mol. The van der Waals surface area contributed by atoms with Crippen molar-refractivity contribution in [1.29, 1.82) is 0 Å². The first-order valence-corrected chi connectivity index (χ1v) is 13.9. The van der Waals surface area contributed by atoms with Crippen molar-refractivity contribution in [2.24, 2.45) is 0 Å². The van der Waals surface area contributed by atoms with Gasteiger partial charge < -0.3 is 10.1 Å². The summed E-state index contributed by atoms with van der Waals surface area (Å²) < 4.78 is 46.6. The summed E-state index contributed by atoms with van der Waals surface area (Å²) in [5.74, 6) is 1.37. The van der Waals surface area contributed by atoms with Gasteiger partial charge in [0.2, 0.25) is 5.91 Å². The van der Waals surface area contributed by atoms with Crippen LogP contribution in [0.1, 0.15) is 18.9 Å². The first-order valence-electron chi connectivity index (χ1n) is 11.3. The maximum atomic E-state index is 13.5. The number of hydrogen-bond donors (Lipinski definition) is 1. The molecule has 0 aliphatic carbocycles. The van der Waals surface area contributed by atoms with Crippen molar-refractivity contribution < 1.29 is 22.3 Å². The Bertz CT molecular complexity index is 1170. The molecule has 6 nitrogen and oxygen atoms in total. The minimum atomic E-state index is -4.07. The van der Waals surface area contributed by atoms with Crippen molar-refractivity contribution in [2.45, 2.75) is 24.0 Å². The van der Waals surface area contributed by atoms with Crippen LogP contribution in [0.5, 0.6) is 5.75 Å². The Morgan fingerprint density at radius 1 is 1.00 bits per heavy atom. The summed E-state index contributed by atoms with van der Waals surface area (Å²) in [6, 6.07) is 21.1. The number of ether oxygens (including phenoxy) is 1. The molecule has 1 amide bonds. The van der Waals surface area contributed by atoms with Crippen LogP contribution in [0.15, 0.2) is 83.8 Å². The van der Waals surface area contributed by atoms with Gasteiger partial charge in [0.1, 0.15) is 18.1 Å². The van der Waals surface area contributed by atoms with Crippen LogP contribution in [0.4, 0.5) is 10.1 Å². The van der Waals surface area contributed by atoms with Gasteiger partial charge in [0.05, 0.1) is 17.2 Å². The predicted octanol–water partition coefficient (Wildman–Crippen LogP) is 4.86. The summed E-state index contributed by atoms with van der Waals surface area (Å²) in [5.41, 5.74) is 1.45. The zero-order chi connectivity index (χ0) is 25.1. The van der Waals surface area contributed by atoms with Crippen LogP contribution in [0, 0.1) is 5.82 Å². The second-order valence-electron chi connectivity index (χ2n) is 7.63. The van der Waals surface area contributed by atoms with Gasteiger partial charge in [0, 0.05) is 12.3 Å². The molecule has 0 unspecified atom stereocenters. The number of carbonyl (C=O) groups excluding carboxylic acids is 1. The van der Waals surface area contributed by atoms with Gasteiger partial charge in [-0.15, -0.1) is 0 Å². The van der Waals surface area contributed by atoms with Gasteiger partial charge in [0.25, 0.3) is 10.0 Å². The molecule has 9 heteroatoms. The molecule has 3 rings (SSSR count). The van der Waals surface area contributed by atoms with Crippen LogP contribution in [0.2, 0.25) is 0 Å². The lowest BCUT2D eigenvalue weighted by Crippen LogP contribution is -2.41. The van der Waals surface area contributed by atoms with Crippen LogP contribution in [-0.2, 0) is 20.6 Å². The lowest BCUT2D eigenvalue weighted by Gasteiger charge is -2.24. The first-order chi connectivity index (χ1) is 16.9. The lowest BCUT2D eigenvalue weighted by atomic mass is 10.2. The molecule has 1 N–H and O–H groups in total. The number of benzene rings is 3. The fourth-order valence-corrected chi connectivity index (χ4v) is 5.62. The van der Waals surface area contributed by atoms with Crippen molar-refractivity contribution in [1.82, 2.24) is 5.32 Å². The van der Waals surface area contributed by atoms with Crippen LogP contribution < -0.4 is 14.4 Å². The third-order valence-electron chi connectivity index (χ3n) is 5.02. The quantitative estimate of drug-likeness (QED) is 0.329. The van der Waals surface area contributed by atoms with Gasteiger partial charge in [0.15, 0.2) is 0 Å². The fourth-order valence-electron chi connectivity index (χ4n) is 3.28. The molecule has 0 heterocycles. The van der Waals surface area contributed by atoms with E-state index >= 15 is 0 Å². The fraction of sp³-hybridized carbons (Fsp3) is 0.269. The molecule has 0 radical (unpaired) electrons. The minimum Gasteiger partial charge on any atom is -0.494 e. The highest BCUT2D eigenvalue weighted by Gasteiger charge is 2.27. The van der Waals surface area contributed by atoms with E-state index in [1.54, 1.807) is 23.9 Å². The minimum absolute atomic E-state index is 0.00962. The van der Waals surface area contributed by atoms with E-state index in [4.69, 9.17) is 4.74 Å². The van der Waals surface area contributed by atoms with Gasteiger partial charge in [-0.25, -0.2) is 12.8 Å². The van der Waals surface area contributed by atoms with E-state index in [0.29, 0.717) is 18.9 Å². The number of nitrogens with one attached hydrogen (secondary N) is 1. The molecule has 35 heavy (non-hydrogen) atoms. The van der Waals surface area contributed by atoms with Gasteiger partial charge in [-0.2, -0.15) is 11.8 Å². The highest BCUT2D eigenvalue weighted by molar-refractivity contribution is 7.98. The number of amides is 1. The maximum absolute atomic E-state index is 13.5. The zero-order valence-electron chi connectivity index (χ0n) is 19.5.